The molecule has 0 atom stereocenters. The fourth-order valence-corrected chi connectivity index (χ4v) is 1.65. The van der Waals surface area contributed by atoms with E-state index in [0.717, 1.165) is 16.3 Å². The van der Waals surface area contributed by atoms with Gasteiger partial charge in [0.2, 0.25) is 0 Å². The van der Waals surface area contributed by atoms with E-state index in [0.29, 0.717) is 12.3 Å². The molecule has 0 spiro atoms. The Kier molecular flexibility index (Phi) is 2.70. The van der Waals surface area contributed by atoms with E-state index in [1.807, 2.05) is 42.5 Å². The second kappa shape index (κ2) is 4.15. The standard InChI is InChI=1S/C13H13NO/c14-9-3-6-12-11-5-2-1-4-10(11)7-8-13(12)15/h1-8,15H,9,14H2. The molecule has 0 fully saturated rings. The Morgan fingerprint density at radius 3 is 2.73 bits per heavy atom. The van der Waals surface area contributed by atoms with Crippen molar-refractivity contribution in [3.63, 3.8) is 0 Å². The summed E-state index contributed by atoms with van der Waals surface area (Å²) in [4.78, 5) is 0. The first-order valence-electron chi connectivity index (χ1n) is 4.90. The van der Waals surface area contributed by atoms with Gasteiger partial charge in [-0.25, -0.2) is 0 Å². The lowest BCUT2D eigenvalue weighted by atomic mass is 10.0. The van der Waals surface area contributed by atoms with Crippen LogP contribution < -0.4 is 5.73 Å². The SMILES string of the molecule is NCC=Cc1c(O)ccc2ccccc12. The minimum absolute atomic E-state index is 0.290. The molecule has 2 rings (SSSR count). The molecule has 2 nitrogen and oxygen atoms in total. The van der Waals surface area contributed by atoms with E-state index in [-0.39, 0.29) is 0 Å². The fraction of sp³-hybridized carbons (Fsp3) is 0.0769. The van der Waals surface area contributed by atoms with Crippen molar-refractivity contribution in [1.29, 1.82) is 0 Å². The highest BCUT2D eigenvalue weighted by Gasteiger charge is 2.02. The summed E-state index contributed by atoms with van der Waals surface area (Å²) in [5.41, 5.74) is 6.23. The van der Waals surface area contributed by atoms with Crippen molar-refractivity contribution in [2.75, 3.05) is 6.54 Å². The molecule has 15 heavy (non-hydrogen) atoms. The van der Waals surface area contributed by atoms with Crippen LogP contribution in [0.15, 0.2) is 42.5 Å². The highest BCUT2D eigenvalue weighted by molar-refractivity contribution is 5.92. The van der Waals surface area contributed by atoms with E-state index in [2.05, 4.69) is 0 Å². The van der Waals surface area contributed by atoms with Crippen LogP contribution in [0.25, 0.3) is 16.8 Å². The lowest BCUT2D eigenvalue weighted by molar-refractivity contribution is 0.475. The van der Waals surface area contributed by atoms with E-state index in [9.17, 15) is 5.11 Å². The van der Waals surface area contributed by atoms with Crippen LogP contribution in [-0.2, 0) is 0 Å². The Balaban J connectivity index is 2.68. The van der Waals surface area contributed by atoms with E-state index in [1.54, 1.807) is 6.07 Å². The van der Waals surface area contributed by atoms with Crippen LogP contribution in [0.2, 0.25) is 0 Å². The van der Waals surface area contributed by atoms with Crippen LogP contribution in [0.1, 0.15) is 5.56 Å². The summed E-state index contributed by atoms with van der Waals surface area (Å²) in [7, 11) is 0. The normalized spacial score (nSPS) is 11.3. The Morgan fingerprint density at radius 2 is 1.93 bits per heavy atom. The van der Waals surface area contributed by atoms with Crippen molar-refractivity contribution in [2.24, 2.45) is 5.73 Å². The second-order valence-corrected chi connectivity index (χ2v) is 3.36. The average molecular weight is 199 g/mol. The molecule has 0 radical (unpaired) electrons. The zero-order valence-electron chi connectivity index (χ0n) is 8.35. The zero-order chi connectivity index (χ0) is 10.7. The molecule has 0 unspecified atom stereocenters. The first kappa shape index (κ1) is 9.74. The van der Waals surface area contributed by atoms with Gasteiger partial charge in [-0.2, -0.15) is 0 Å². The number of phenolic OH excluding ortho intramolecular Hbond substituents is 1. The predicted molar refractivity (Wildman–Crippen MR) is 63.7 cm³/mol. The molecule has 0 aliphatic carbocycles. The molecule has 0 amide bonds. The number of phenols is 1. The summed E-state index contributed by atoms with van der Waals surface area (Å²) in [5.74, 6) is 0.290. The summed E-state index contributed by atoms with van der Waals surface area (Å²) < 4.78 is 0. The van der Waals surface area contributed by atoms with E-state index in [4.69, 9.17) is 5.73 Å². The van der Waals surface area contributed by atoms with Crippen LogP contribution in [0.5, 0.6) is 5.75 Å². The molecule has 0 heterocycles. The molecule has 3 N–H and O–H groups in total. The molecule has 76 valence electrons. The average Bonchev–Trinajstić information content (AvgIpc) is 2.28. The van der Waals surface area contributed by atoms with Gasteiger partial charge in [0.05, 0.1) is 0 Å². The van der Waals surface area contributed by atoms with E-state index in [1.165, 1.54) is 0 Å². The lowest BCUT2D eigenvalue weighted by Crippen LogP contribution is -1.92. The van der Waals surface area contributed by atoms with Gasteiger partial charge >= 0.3 is 0 Å². The summed E-state index contributed by atoms with van der Waals surface area (Å²) in [5, 5.41) is 11.9. The number of hydrogen-bond acceptors (Lipinski definition) is 2. The van der Waals surface area contributed by atoms with Crippen LogP contribution >= 0.6 is 0 Å². The van der Waals surface area contributed by atoms with Gasteiger partial charge in [-0.3, -0.25) is 0 Å². The third kappa shape index (κ3) is 1.85. The number of aromatic hydroxyl groups is 1. The first-order valence-corrected chi connectivity index (χ1v) is 4.90. The van der Waals surface area contributed by atoms with E-state index < -0.39 is 0 Å². The largest absolute Gasteiger partial charge is 0.507 e. The molecule has 0 bridgehead atoms. The first-order chi connectivity index (χ1) is 7.33. The molecular formula is C13H13NO. The van der Waals surface area contributed by atoms with Gasteiger partial charge in [0.1, 0.15) is 5.75 Å². The molecule has 0 saturated heterocycles. The maximum absolute atomic E-state index is 9.74. The highest BCUT2D eigenvalue weighted by Crippen LogP contribution is 2.27. The van der Waals surface area contributed by atoms with Crippen molar-refractivity contribution in [2.45, 2.75) is 0 Å². The summed E-state index contributed by atoms with van der Waals surface area (Å²) >= 11 is 0. The third-order valence-electron chi connectivity index (χ3n) is 2.37. The lowest BCUT2D eigenvalue weighted by Gasteiger charge is -2.04. The van der Waals surface area contributed by atoms with Gasteiger partial charge in [-0.05, 0) is 16.8 Å². The minimum Gasteiger partial charge on any atom is -0.507 e. The number of nitrogens with two attached hydrogens (primary N) is 1. The molecule has 2 heteroatoms. The molecule has 0 aliphatic heterocycles. The Labute approximate surface area is 88.7 Å². The third-order valence-corrected chi connectivity index (χ3v) is 2.37. The molecule has 2 aromatic rings. The number of hydrogen-bond donors (Lipinski definition) is 2. The summed E-state index contributed by atoms with van der Waals surface area (Å²) in [6.07, 6.45) is 3.69. The fourth-order valence-electron chi connectivity index (χ4n) is 1.65. The van der Waals surface area contributed by atoms with Crippen LogP contribution in [0.4, 0.5) is 0 Å². The maximum Gasteiger partial charge on any atom is 0.123 e. The molecule has 0 aliphatic rings. The summed E-state index contributed by atoms with van der Waals surface area (Å²) in [6.45, 7) is 0.475. The molecular weight excluding hydrogens is 186 g/mol. The minimum atomic E-state index is 0.290. The molecule has 0 aromatic heterocycles. The zero-order valence-corrected chi connectivity index (χ0v) is 8.35. The van der Waals surface area contributed by atoms with Gasteiger partial charge in [0.15, 0.2) is 0 Å². The molecule has 0 saturated carbocycles. The maximum atomic E-state index is 9.74. The van der Waals surface area contributed by atoms with E-state index >= 15 is 0 Å². The quantitative estimate of drug-likeness (QED) is 0.780. The summed E-state index contributed by atoms with van der Waals surface area (Å²) in [6, 6.07) is 11.6. The number of benzene rings is 2. The topological polar surface area (TPSA) is 46.2 Å². The predicted octanol–water partition coefficient (Wildman–Crippen LogP) is 2.52. The Bertz CT molecular complexity index is 503. The number of rotatable bonds is 2. The second-order valence-electron chi connectivity index (χ2n) is 3.36. The van der Waals surface area contributed by atoms with Crippen LogP contribution in [0, 0.1) is 0 Å². The monoisotopic (exact) mass is 199 g/mol. The van der Waals surface area contributed by atoms with Crippen molar-refractivity contribution < 1.29 is 5.11 Å². The highest BCUT2D eigenvalue weighted by atomic mass is 16.3. The van der Waals surface area contributed by atoms with Crippen LogP contribution in [0.3, 0.4) is 0 Å². The van der Waals surface area contributed by atoms with Gasteiger partial charge in [-0.1, -0.05) is 42.5 Å². The Morgan fingerprint density at radius 1 is 1.13 bits per heavy atom. The van der Waals surface area contributed by atoms with Crippen LogP contribution in [-0.4, -0.2) is 11.7 Å². The van der Waals surface area contributed by atoms with Crippen molar-refractivity contribution in [3.05, 3.63) is 48.0 Å². The number of fused-ring (bicyclic) bond motifs is 1. The van der Waals surface area contributed by atoms with Gasteiger partial charge in [-0.15, -0.1) is 0 Å². The van der Waals surface area contributed by atoms with Crippen molar-refractivity contribution in [1.82, 2.24) is 0 Å². The van der Waals surface area contributed by atoms with Gasteiger partial charge in [0.25, 0.3) is 0 Å². The Hall–Kier alpha value is -1.80. The van der Waals surface area contributed by atoms with Gasteiger partial charge in [0, 0.05) is 12.1 Å². The smallest absolute Gasteiger partial charge is 0.123 e. The van der Waals surface area contributed by atoms with Gasteiger partial charge < -0.3 is 10.8 Å². The van der Waals surface area contributed by atoms with Crippen molar-refractivity contribution in [3.8, 4) is 5.75 Å². The van der Waals surface area contributed by atoms with Crippen molar-refractivity contribution >= 4 is 16.8 Å². The molecule has 2 aromatic carbocycles.